The minimum atomic E-state index is -0.0447. The molecule has 0 spiro atoms. The number of hydrogen-bond donors (Lipinski definition) is 1. The number of furan rings is 1. The molecule has 23 heavy (non-hydrogen) atoms. The monoisotopic (exact) mass is 321 g/mol. The van der Waals surface area contributed by atoms with Gasteiger partial charge in [-0.25, -0.2) is 0 Å². The molecule has 0 aromatic carbocycles. The van der Waals surface area contributed by atoms with E-state index in [0.29, 0.717) is 25.4 Å². The summed E-state index contributed by atoms with van der Waals surface area (Å²) in [5.74, 6) is 0.631. The van der Waals surface area contributed by atoms with Crippen molar-refractivity contribution >= 4 is 11.8 Å². The van der Waals surface area contributed by atoms with Crippen LogP contribution in [0.5, 0.6) is 0 Å². The van der Waals surface area contributed by atoms with E-state index < -0.39 is 0 Å². The first-order valence-electron chi connectivity index (χ1n) is 8.48. The van der Waals surface area contributed by atoms with Crippen molar-refractivity contribution < 1.29 is 14.0 Å². The Bertz CT molecular complexity index is 489. The van der Waals surface area contributed by atoms with Crippen LogP contribution in [-0.2, 0) is 4.79 Å². The van der Waals surface area contributed by atoms with Crippen molar-refractivity contribution in [2.75, 3.05) is 39.3 Å². The Morgan fingerprint density at radius 1 is 1.22 bits per heavy atom. The predicted octanol–water partition coefficient (Wildman–Crippen LogP) is 1.59. The number of nitrogens with one attached hydrogen (secondary N) is 1. The van der Waals surface area contributed by atoms with Crippen molar-refractivity contribution in [3.63, 3.8) is 0 Å². The van der Waals surface area contributed by atoms with E-state index in [-0.39, 0.29) is 17.7 Å². The molecule has 1 N–H and O–H groups in total. The van der Waals surface area contributed by atoms with Gasteiger partial charge in [-0.2, -0.15) is 0 Å². The van der Waals surface area contributed by atoms with E-state index in [1.165, 1.54) is 6.26 Å². The van der Waals surface area contributed by atoms with Gasteiger partial charge in [0.1, 0.15) is 0 Å². The summed E-state index contributed by atoms with van der Waals surface area (Å²) >= 11 is 0. The topological polar surface area (TPSA) is 65.8 Å². The lowest BCUT2D eigenvalue weighted by Gasteiger charge is -2.34. The predicted molar refractivity (Wildman–Crippen MR) is 88.1 cm³/mol. The van der Waals surface area contributed by atoms with Gasteiger partial charge in [-0.1, -0.05) is 13.8 Å². The van der Waals surface area contributed by atoms with Gasteiger partial charge in [-0.05, 0) is 25.0 Å². The van der Waals surface area contributed by atoms with Crippen LogP contribution in [0.1, 0.15) is 37.2 Å². The molecule has 6 nitrogen and oxygen atoms in total. The van der Waals surface area contributed by atoms with Gasteiger partial charge in [-0.15, -0.1) is 0 Å². The molecule has 2 rings (SSSR count). The van der Waals surface area contributed by atoms with Crippen LogP contribution in [0.4, 0.5) is 0 Å². The zero-order valence-corrected chi connectivity index (χ0v) is 14.1. The van der Waals surface area contributed by atoms with E-state index in [2.05, 4.69) is 10.2 Å². The maximum atomic E-state index is 12.2. The van der Waals surface area contributed by atoms with Crippen molar-refractivity contribution in [3.8, 4) is 0 Å². The molecule has 0 bridgehead atoms. The fraction of sp³-hybridized carbons (Fsp3) is 0.647. The van der Waals surface area contributed by atoms with Crippen molar-refractivity contribution in [3.05, 3.63) is 24.2 Å². The van der Waals surface area contributed by atoms with Crippen molar-refractivity contribution in [1.29, 1.82) is 0 Å². The molecule has 0 radical (unpaired) electrons. The molecule has 1 saturated heterocycles. The van der Waals surface area contributed by atoms with Gasteiger partial charge >= 0.3 is 0 Å². The molecule has 2 amide bonds. The summed E-state index contributed by atoms with van der Waals surface area (Å²) < 4.78 is 5.16. The van der Waals surface area contributed by atoms with E-state index in [0.717, 1.165) is 32.5 Å². The Kier molecular flexibility index (Phi) is 6.65. The molecule has 2 heterocycles. The lowest BCUT2D eigenvalue weighted by Crippen LogP contribution is -2.50. The number of carbonyl (C=O) groups excluding carboxylic acids is 2. The van der Waals surface area contributed by atoms with Gasteiger partial charge in [0, 0.05) is 45.2 Å². The SMILES string of the molecule is CCC(CC)C(=O)NCCN1CCN(C(=O)c2ccco2)CC1. The first-order chi connectivity index (χ1) is 11.2. The average molecular weight is 321 g/mol. The maximum Gasteiger partial charge on any atom is 0.289 e. The molecular weight excluding hydrogens is 294 g/mol. The molecule has 0 saturated carbocycles. The lowest BCUT2D eigenvalue weighted by molar-refractivity contribution is -0.125. The van der Waals surface area contributed by atoms with E-state index in [1.54, 1.807) is 12.1 Å². The van der Waals surface area contributed by atoms with Crippen LogP contribution >= 0.6 is 0 Å². The summed E-state index contributed by atoms with van der Waals surface area (Å²) in [7, 11) is 0. The molecule has 6 heteroatoms. The van der Waals surface area contributed by atoms with E-state index >= 15 is 0 Å². The zero-order chi connectivity index (χ0) is 16.7. The highest BCUT2D eigenvalue weighted by atomic mass is 16.3. The highest BCUT2D eigenvalue weighted by Gasteiger charge is 2.23. The molecule has 1 aliphatic rings. The van der Waals surface area contributed by atoms with Gasteiger partial charge < -0.3 is 14.6 Å². The van der Waals surface area contributed by atoms with E-state index in [4.69, 9.17) is 4.42 Å². The fourth-order valence-corrected chi connectivity index (χ4v) is 2.87. The van der Waals surface area contributed by atoms with Crippen LogP contribution in [0.2, 0.25) is 0 Å². The summed E-state index contributed by atoms with van der Waals surface area (Å²) in [5, 5.41) is 3.01. The number of carbonyl (C=O) groups is 2. The summed E-state index contributed by atoms with van der Waals surface area (Å²) in [6, 6.07) is 3.42. The Hall–Kier alpha value is -1.82. The van der Waals surface area contributed by atoms with Gasteiger partial charge in [0.15, 0.2) is 5.76 Å². The molecule has 0 unspecified atom stereocenters. The quantitative estimate of drug-likeness (QED) is 0.828. The second-order valence-electron chi connectivity index (χ2n) is 5.92. The van der Waals surface area contributed by atoms with Crippen LogP contribution in [0.3, 0.4) is 0 Å². The number of amides is 2. The third-order valence-electron chi connectivity index (χ3n) is 4.48. The van der Waals surface area contributed by atoms with Gasteiger partial charge in [0.25, 0.3) is 5.91 Å². The standard InChI is InChI=1S/C17H27N3O3/c1-3-14(4-2)16(21)18-7-8-19-9-11-20(12-10-19)17(22)15-6-5-13-23-15/h5-6,13-14H,3-4,7-12H2,1-2H3,(H,18,21). The van der Waals surface area contributed by atoms with Crippen LogP contribution in [0.25, 0.3) is 0 Å². The van der Waals surface area contributed by atoms with Crippen LogP contribution < -0.4 is 5.32 Å². The van der Waals surface area contributed by atoms with Crippen molar-refractivity contribution in [2.45, 2.75) is 26.7 Å². The first kappa shape index (κ1) is 17.5. The second kappa shape index (κ2) is 8.72. The minimum Gasteiger partial charge on any atom is -0.459 e. The molecule has 0 aliphatic carbocycles. The first-order valence-corrected chi connectivity index (χ1v) is 8.48. The zero-order valence-electron chi connectivity index (χ0n) is 14.1. The number of piperazine rings is 1. The molecule has 1 aromatic rings. The molecule has 1 aliphatic heterocycles. The fourth-order valence-electron chi connectivity index (χ4n) is 2.87. The molecule has 1 aromatic heterocycles. The Balaban J connectivity index is 1.67. The highest BCUT2D eigenvalue weighted by Crippen LogP contribution is 2.09. The van der Waals surface area contributed by atoms with Crippen LogP contribution in [-0.4, -0.2) is 60.9 Å². The Labute approximate surface area is 137 Å². The molecular formula is C17H27N3O3. The smallest absolute Gasteiger partial charge is 0.289 e. The normalized spacial score (nSPS) is 15.9. The van der Waals surface area contributed by atoms with E-state index in [1.807, 2.05) is 18.7 Å². The van der Waals surface area contributed by atoms with Crippen LogP contribution in [0, 0.1) is 5.92 Å². The largest absolute Gasteiger partial charge is 0.459 e. The second-order valence-corrected chi connectivity index (χ2v) is 5.92. The van der Waals surface area contributed by atoms with Gasteiger partial charge in [-0.3, -0.25) is 14.5 Å². The van der Waals surface area contributed by atoms with Gasteiger partial charge in [0.2, 0.25) is 5.91 Å². The lowest BCUT2D eigenvalue weighted by atomic mass is 10.0. The molecule has 128 valence electrons. The summed E-state index contributed by atoms with van der Waals surface area (Å²) in [6.45, 7) is 8.63. The summed E-state index contributed by atoms with van der Waals surface area (Å²) in [5.41, 5.74) is 0. The maximum absolute atomic E-state index is 12.2. The number of rotatable bonds is 7. The van der Waals surface area contributed by atoms with Crippen molar-refractivity contribution in [1.82, 2.24) is 15.1 Å². The molecule has 0 atom stereocenters. The molecule has 1 fully saturated rings. The Morgan fingerprint density at radius 3 is 2.48 bits per heavy atom. The van der Waals surface area contributed by atoms with E-state index in [9.17, 15) is 9.59 Å². The van der Waals surface area contributed by atoms with Gasteiger partial charge in [0.05, 0.1) is 6.26 Å². The van der Waals surface area contributed by atoms with Crippen LogP contribution in [0.15, 0.2) is 22.8 Å². The third-order valence-corrected chi connectivity index (χ3v) is 4.48. The minimum absolute atomic E-state index is 0.0447. The summed E-state index contributed by atoms with van der Waals surface area (Å²) in [6.07, 6.45) is 3.29. The number of nitrogens with zero attached hydrogens (tertiary/aromatic N) is 2. The number of hydrogen-bond acceptors (Lipinski definition) is 4. The Morgan fingerprint density at radius 2 is 1.91 bits per heavy atom. The van der Waals surface area contributed by atoms with Crippen molar-refractivity contribution in [2.24, 2.45) is 5.92 Å². The third kappa shape index (κ3) is 4.82. The summed E-state index contributed by atoms with van der Waals surface area (Å²) in [4.78, 5) is 28.2. The highest BCUT2D eigenvalue weighted by molar-refractivity contribution is 5.91. The average Bonchev–Trinajstić information content (AvgIpc) is 3.10.